The summed E-state index contributed by atoms with van der Waals surface area (Å²) in [6.45, 7) is 1.77. The van der Waals surface area contributed by atoms with Crippen LogP contribution in [0.1, 0.15) is 11.1 Å². The van der Waals surface area contributed by atoms with Gasteiger partial charge in [0.25, 0.3) is 5.69 Å². The zero-order valence-corrected chi connectivity index (χ0v) is 10.5. The summed E-state index contributed by atoms with van der Waals surface area (Å²) in [6.07, 6.45) is 2.91. The Morgan fingerprint density at radius 1 is 1.40 bits per heavy atom. The lowest BCUT2D eigenvalue weighted by atomic mass is 10.2. The normalized spacial score (nSPS) is 10.3. The minimum absolute atomic E-state index is 0.0608. The molecule has 7 nitrogen and oxygen atoms in total. The Morgan fingerprint density at radius 2 is 2.05 bits per heavy atom. The van der Waals surface area contributed by atoms with Crippen LogP contribution in [0.25, 0.3) is 0 Å². The number of nitrogens with zero attached hydrogens (tertiary/aromatic N) is 3. The van der Waals surface area contributed by atoms with Crippen LogP contribution in [-0.2, 0) is 6.54 Å². The van der Waals surface area contributed by atoms with E-state index in [0.29, 0.717) is 5.56 Å². The van der Waals surface area contributed by atoms with Gasteiger partial charge in [-0.3, -0.25) is 10.1 Å². The highest BCUT2D eigenvalue weighted by Gasteiger charge is 2.17. The van der Waals surface area contributed by atoms with Crippen LogP contribution in [0.3, 0.4) is 0 Å². The van der Waals surface area contributed by atoms with Crippen LogP contribution in [0.4, 0.5) is 10.1 Å². The van der Waals surface area contributed by atoms with Crippen LogP contribution in [-0.4, -0.2) is 14.9 Å². The molecule has 0 unspecified atom stereocenters. The summed E-state index contributed by atoms with van der Waals surface area (Å²) in [7, 11) is 0. The van der Waals surface area contributed by atoms with Gasteiger partial charge in [-0.15, -0.1) is 0 Å². The van der Waals surface area contributed by atoms with Crippen LogP contribution >= 0.6 is 0 Å². The average molecular weight is 278 g/mol. The van der Waals surface area contributed by atoms with Gasteiger partial charge in [-0.1, -0.05) is 0 Å². The minimum Gasteiger partial charge on any atom is -0.421 e. The van der Waals surface area contributed by atoms with Gasteiger partial charge < -0.3 is 10.5 Å². The molecule has 0 aliphatic heterocycles. The molecule has 2 N–H and O–H groups in total. The van der Waals surface area contributed by atoms with Crippen LogP contribution in [0.5, 0.6) is 11.8 Å². The molecule has 0 aliphatic rings. The Balaban J connectivity index is 2.29. The van der Waals surface area contributed by atoms with Crippen molar-refractivity contribution >= 4 is 5.69 Å². The van der Waals surface area contributed by atoms with Gasteiger partial charge in [0.15, 0.2) is 11.6 Å². The number of rotatable bonds is 4. The lowest BCUT2D eigenvalue weighted by Gasteiger charge is -2.06. The number of benzene rings is 1. The predicted molar refractivity (Wildman–Crippen MR) is 67.8 cm³/mol. The first-order valence-electron chi connectivity index (χ1n) is 5.64. The van der Waals surface area contributed by atoms with E-state index in [4.69, 9.17) is 10.5 Å². The predicted octanol–water partition coefficient (Wildman–Crippen LogP) is 2.08. The molecule has 2 aromatic rings. The van der Waals surface area contributed by atoms with Crippen LogP contribution < -0.4 is 10.5 Å². The Bertz CT molecular complexity index is 646. The monoisotopic (exact) mass is 278 g/mol. The van der Waals surface area contributed by atoms with Gasteiger partial charge in [-0.2, -0.15) is 0 Å². The molecule has 0 saturated carbocycles. The highest BCUT2D eigenvalue weighted by Crippen LogP contribution is 2.29. The Labute approximate surface area is 113 Å². The summed E-state index contributed by atoms with van der Waals surface area (Å²) >= 11 is 0. The van der Waals surface area contributed by atoms with Crippen molar-refractivity contribution in [2.75, 3.05) is 0 Å². The standard InChI is InChI=1S/C12H11FN4O3/c1-7-2-11(9(13)3-10(7)17(18)19)20-12-15-5-8(4-14)6-16-12/h2-3,5-6H,4,14H2,1H3. The van der Waals surface area contributed by atoms with E-state index < -0.39 is 10.7 Å². The molecule has 0 radical (unpaired) electrons. The highest BCUT2D eigenvalue weighted by atomic mass is 19.1. The van der Waals surface area contributed by atoms with E-state index in [2.05, 4.69) is 9.97 Å². The first kappa shape index (κ1) is 13.8. The molecule has 0 amide bonds. The van der Waals surface area contributed by atoms with Crippen molar-refractivity contribution in [1.29, 1.82) is 0 Å². The van der Waals surface area contributed by atoms with Crippen molar-refractivity contribution in [3.8, 4) is 11.8 Å². The Hall–Kier alpha value is -2.61. The quantitative estimate of drug-likeness (QED) is 0.678. The number of aromatic nitrogens is 2. The fourth-order valence-corrected chi connectivity index (χ4v) is 1.52. The summed E-state index contributed by atoms with van der Waals surface area (Å²) in [4.78, 5) is 17.7. The minimum atomic E-state index is -0.853. The molecule has 2 rings (SSSR count). The van der Waals surface area contributed by atoms with E-state index in [0.717, 1.165) is 6.07 Å². The molecule has 0 atom stereocenters. The molecule has 0 spiro atoms. The molecule has 0 fully saturated rings. The molecule has 104 valence electrons. The number of halogens is 1. The third-order valence-corrected chi connectivity index (χ3v) is 2.57. The molecule has 0 saturated heterocycles. The fourth-order valence-electron chi connectivity index (χ4n) is 1.52. The van der Waals surface area contributed by atoms with Crippen molar-refractivity contribution in [2.24, 2.45) is 5.73 Å². The van der Waals surface area contributed by atoms with Crippen molar-refractivity contribution in [3.05, 3.63) is 51.6 Å². The third kappa shape index (κ3) is 2.86. The lowest BCUT2D eigenvalue weighted by Crippen LogP contribution is -2.00. The van der Waals surface area contributed by atoms with Gasteiger partial charge in [0.1, 0.15) is 0 Å². The molecule has 1 aromatic carbocycles. The molecular weight excluding hydrogens is 267 g/mol. The van der Waals surface area contributed by atoms with E-state index in [-0.39, 0.29) is 29.6 Å². The topological polar surface area (TPSA) is 104 Å². The van der Waals surface area contributed by atoms with Crippen LogP contribution in [0.15, 0.2) is 24.5 Å². The van der Waals surface area contributed by atoms with Crippen LogP contribution in [0.2, 0.25) is 0 Å². The molecule has 0 aliphatic carbocycles. The fraction of sp³-hybridized carbons (Fsp3) is 0.167. The van der Waals surface area contributed by atoms with E-state index in [1.807, 2.05) is 0 Å². The molecule has 20 heavy (non-hydrogen) atoms. The number of ether oxygens (including phenoxy) is 1. The maximum Gasteiger partial charge on any atom is 0.321 e. The summed E-state index contributed by atoms with van der Waals surface area (Å²) in [5, 5.41) is 10.7. The first-order valence-corrected chi connectivity index (χ1v) is 5.64. The Morgan fingerprint density at radius 3 is 2.60 bits per heavy atom. The number of nitro benzene ring substituents is 1. The summed E-state index contributed by atoms with van der Waals surface area (Å²) in [6, 6.07) is 1.97. The van der Waals surface area contributed by atoms with Gasteiger partial charge in [-0.05, 0) is 13.0 Å². The van der Waals surface area contributed by atoms with Crippen molar-refractivity contribution in [2.45, 2.75) is 13.5 Å². The lowest BCUT2D eigenvalue weighted by molar-refractivity contribution is -0.385. The van der Waals surface area contributed by atoms with Gasteiger partial charge in [0.2, 0.25) is 0 Å². The maximum absolute atomic E-state index is 13.7. The molecule has 1 heterocycles. The van der Waals surface area contributed by atoms with E-state index in [1.165, 1.54) is 25.4 Å². The van der Waals surface area contributed by atoms with Crippen molar-refractivity contribution < 1.29 is 14.1 Å². The summed E-state index contributed by atoms with van der Waals surface area (Å²) in [5.41, 5.74) is 6.07. The zero-order chi connectivity index (χ0) is 14.7. The third-order valence-electron chi connectivity index (χ3n) is 2.57. The summed E-state index contributed by atoms with van der Waals surface area (Å²) < 4.78 is 18.9. The molecule has 1 aromatic heterocycles. The van der Waals surface area contributed by atoms with E-state index in [1.54, 1.807) is 0 Å². The van der Waals surface area contributed by atoms with Gasteiger partial charge in [0.05, 0.1) is 11.0 Å². The molecule has 0 bridgehead atoms. The highest BCUT2D eigenvalue weighted by molar-refractivity contribution is 5.45. The van der Waals surface area contributed by atoms with Crippen LogP contribution in [0, 0.1) is 22.9 Å². The number of nitro groups is 1. The largest absolute Gasteiger partial charge is 0.421 e. The number of aryl methyl sites for hydroxylation is 1. The molecular formula is C12H11FN4O3. The van der Waals surface area contributed by atoms with E-state index >= 15 is 0 Å². The average Bonchev–Trinajstić information content (AvgIpc) is 2.43. The number of hydrogen-bond donors (Lipinski definition) is 1. The van der Waals surface area contributed by atoms with E-state index in [9.17, 15) is 14.5 Å². The molecule has 8 heteroatoms. The smallest absolute Gasteiger partial charge is 0.321 e. The second kappa shape index (κ2) is 5.57. The van der Waals surface area contributed by atoms with Gasteiger partial charge >= 0.3 is 6.01 Å². The second-order valence-corrected chi connectivity index (χ2v) is 4.01. The number of nitrogens with two attached hydrogens (primary N) is 1. The number of hydrogen-bond acceptors (Lipinski definition) is 6. The first-order chi connectivity index (χ1) is 9.51. The maximum atomic E-state index is 13.7. The zero-order valence-electron chi connectivity index (χ0n) is 10.5. The van der Waals surface area contributed by atoms with Gasteiger partial charge in [0, 0.05) is 30.1 Å². The second-order valence-electron chi connectivity index (χ2n) is 4.01. The van der Waals surface area contributed by atoms with Crippen molar-refractivity contribution in [1.82, 2.24) is 9.97 Å². The summed E-state index contributed by atoms with van der Waals surface area (Å²) in [5.74, 6) is -1.03. The Kier molecular flexibility index (Phi) is 3.85. The van der Waals surface area contributed by atoms with Gasteiger partial charge in [-0.25, -0.2) is 14.4 Å². The van der Waals surface area contributed by atoms with Crippen molar-refractivity contribution in [3.63, 3.8) is 0 Å². The SMILES string of the molecule is Cc1cc(Oc2ncc(CN)cn2)c(F)cc1[N+](=O)[O-].